The lowest BCUT2D eigenvalue weighted by Crippen LogP contribution is -2.24. The molecule has 0 bridgehead atoms. The molecule has 0 aliphatic carbocycles. The number of nitro groups is 1. The normalized spacial score (nSPS) is 10.9. The highest BCUT2D eigenvalue weighted by Crippen LogP contribution is 2.23. The molecule has 7 nitrogen and oxygen atoms in total. The van der Waals surface area contributed by atoms with Crippen LogP contribution >= 0.6 is 0 Å². The van der Waals surface area contributed by atoms with E-state index in [1.165, 1.54) is 12.1 Å². The number of azo groups is 1. The summed E-state index contributed by atoms with van der Waals surface area (Å²) in [6.45, 7) is 3.43. The minimum atomic E-state index is -0.445. The Morgan fingerprint density at radius 1 is 1.04 bits per heavy atom. The van der Waals surface area contributed by atoms with Gasteiger partial charge in [-0.3, -0.25) is 10.1 Å². The Kier molecular flexibility index (Phi) is 5.76. The van der Waals surface area contributed by atoms with Crippen molar-refractivity contribution in [3.05, 3.63) is 58.6 Å². The molecule has 0 saturated heterocycles. The van der Waals surface area contributed by atoms with E-state index >= 15 is 0 Å². The molecule has 7 heteroatoms. The molecule has 0 fully saturated rings. The van der Waals surface area contributed by atoms with Gasteiger partial charge >= 0.3 is 0 Å². The fraction of sp³-hybridized carbons (Fsp3) is 0.250. The van der Waals surface area contributed by atoms with Crippen molar-refractivity contribution in [2.45, 2.75) is 6.92 Å². The molecule has 2 rings (SSSR count). The molecule has 0 radical (unpaired) electrons. The molecule has 2 aromatic rings. The average molecular weight is 314 g/mol. The van der Waals surface area contributed by atoms with Crippen LogP contribution in [0.25, 0.3) is 0 Å². The minimum absolute atomic E-state index is 0.0334. The lowest BCUT2D eigenvalue weighted by molar-refractivity contribution is -0.384. The van der Waals surface area contributed by atoms with Gasteiger partial charge in [-0.25, -0.2) is 0 Å². The van der Waals surface area contributed by atoms with Gasteiger partial charge in [0.05, 0.1) is 16.3 Å². The third kappa shape index (κ3) is 4.58. The van der Waals surface area contributed by atoms with Crippen molar-refractivity contribution in [3.8, 4) is 0 Å². The molecule has 0 aliphatic rings. The van der Waals surface area contributed by atoms with Crippen molar-refractivity contribution in [2.75, 3.05) is 25.3 Å². The van der Waals surface area contributed by atoms with Gasteiger partial charge in [-0.05, 0) is 43.3 Å². The summed E-state index contributed by atoms with van der Waals surface area (Å²) in [5, 5.41) is 18.8. The van der Waals surface area contributed by atoms with Crippen molar-refractivity contribution in [2.24, 2.45) is 10.2 Å². The first kappa shape index (κ1) is 16.6. The van der Waals surface area contributed by atoms with E-state index in [9.17, 15) is 10.1 Å². The summed E-state index contributed by atoms with van der Waals surface area (Å²) in [7, 11) is 1.66. The fourth-order valence-corrected chi connectivity index (χ4v) is 1.99. The zero-order chi connectivity index (χ0) is 16.7. The maximum absolute atomic E-state index is 10.6. The zero-order valence-corrected chi connectivity index (χ0v) is 13.0. The summed E-state index contributed by atoms with van der Waals surface area (Å²) >= 11 is 0. The van der Waals surface area contributed by atoms with Crippen LogP contribution in [-0.2, 0) is 4.74 Å². The van der Waals surface area contributed by atoms with Gasteiger partial charge in [0.15, 0.2) is 0 Å². The van der Waals surface area contributed by atoms with Gasteiger partial charge in [-0.1, -0.05) is 0 Å². The molecular weight excluding hydrogens is 296 g/mol. The van der Waals surface area contributed by atoms with E-state index < -0.39 is 4.92 Å². The van der Waals surface area contributed by atoms with Crippen molar-refractivity contribution >= 4 is 22.7 Å². The molecular formula is C16H18N4O3. The largest absolute Gasteiger partial charge is 0.364 e. The Hall–Kier alpha value is -2.80. The molecule has 0 aliphatic heterocycles. The van der Waals surface area contributed by atoms with Crippen LogP contribution in [0.5, 0.6) is 0 Å². The van der Waals surface area contributed by atoms with Gasteiger partial charge in [-0.2, -0.15) is 10.2 Å². The number of ether oxygens (including phenoxy) is 1. The third-order valence-corrected chi connectivity index (χ3v) is 3.22. The number of benzene rings is 2. The van der Waals surface area contributed by atoms with E-state index in [1.807, 2.05) is 24.3 Å². The zero-order valence-electron chi connectivity index (χ0n) is 13.0. The molecule has 120 valence electrons. The number of hydrogen-bond donors (Lipinski definition) is 0. The van der Waals surface area contributed by atoms with Gasteiger partial charge in [0.2, 0.25) is 0 Å². The third-order valence-electron chi connectivity index (χ3n) is 3.22. The van der Waals surface area contributed by atoms with Crippen LogP contribution in [0.2, 0.25) is 0 Å². The molecule has 23 heavy (non-hydrogen) atoms. The van der Waals surface area contributed by atoms with E-state index in [-0.39, 0.29) is 5.69 Å². The first-order chi connectivity index (χ1) is 11.1. The first-order valence-corrected chi connectivity index (χ1v) is 7.14. The second-order valence-electron chi connectivity index (χ2n) is 4.76. The van der Waals surface area contributed by atoms with Crippen LogP contribution in [0.1, 0.15) is 6.92 Å². The van der Waals surface area contributed by atoms with Crippen molar-refractivity contribution < 1.29 is 9.66 Å². The quantitative estimate of drug-likeness (QED) is 0.327. The Morgan fingerprint density at radius 2 is 1.57 bits per heavy atom. The SMILES string of the molecule is CCN(COC)c1ccc(N=Nc2ccc([N+](=O)[O-])cc2)cc1. The lowest BCUT2D eigenvalue weighted by atomic mass is 10.2. The summed E-state index contributed by atoms with van der Waals surface area (Å²) in [6, 6.07) is 13.6. The summed E-state index contributed by atoms with van der Waals surface area (Å²) < 4.78 is 5.15. The number of nitrogens with zero attached hydrogens (tertiary/aromatic N) is 4. The highest BCUT2D eigenvalue weighted by Gasteiger charge is 2.04. The Bertz CT molecular complexity index is 669. The molecule has 0 unspecified atom stereocenters. The van der Waals surface area contributed by atoms with Crippen LogP contribution < -0.4 is 4.90 Å². The fourth-order valence-electron chi connectivity index (χ4n) is 1.99. The van der Waals surface area contributed by atoms with Crippen LogP contribution in [0.4, 0.5) is 22.7 Å². The number of rotatable bonds is 7. The predicted molar refractivity (Wildman–Crippen MR) is 88.6 cm³/mol. The standard InChI is InChI=1S/C16H18N4O3/c1-3-19(12-23-2)15-8-4-13(5-9-15)17-18-14-6-10-16(11-7-14)20(21)22/h4-11H,3,12H2,1-2H3. The second kappa shape index (κ2) is 8.00. The Morgan fingerprint density at radius 3 is 2.00 bits per heavy atom. The van der Waals surface area contributed by atoms with Crippen molar-refractivity contribution in [3.63, 3.8) is 0 Å². The average Bonchev–Trinajstić information content (AvgIpc) is 2.59. The molecule has 0 saturated carbocycles. The summed E-state index contributed by atoms with van der Waals surface area (Å²) in [6.07, 6.45) is 0. The topological polar surface area (TPSA) is 80.3 Å². The number of non-ortho nitro benzene ring substituents is 1. The summed E-state index contributed by atoms with van der Waals surface area (Å²) in [5.41, 5.74) is 2.35. The van der Waals surface area contributed by atoms with E-state index in [4.69, 9.17) is 4.74 Å². The number of anilines is 1. The highest BCUT2D eigenvalue weighted by atomic mass is 16.6. The van der Waals surface area contributed by atoms with Gasteiger partial charge in [0.1, 0.15) is 6.73 Å². The molecule has 0 amide bonds. The Balaban J connectivity index is 2.06. The lowest BCUT2D eigenvalue weighted by Gasteiger charge is -2.21. The summed E-state index contributed by atoms with van der Waals surface area (Å²) in [4.78, 5) is 12.2. The predicted octanol–water partition coefficient (Wildman–Crippen LogP) is 4.44. The second-order valence-corrected chi connectivity index (χ2v) is 4.76. The van der Waals surface area contributed by atoms with Crippen LogP contribution in [0, 0.1) is 10.1 Å². The van der Waals surface area contributed by atoms with Gasteiger partial charge in [-0.15, -0.1) is 0 Å². The van der Waals surface area contributed by atoms with Gasteiger partial charge < -0.3 is 9.64 Å². The highest BCUT2D eigenvalue weighted by molar-refractivity contribution is 5.52. The monoisotopic (exact) mass is 314 g/mol. The van der Waals surface area contributed by atoms with Crippen molar-refractivity contribution in [1.29, 1.82) is 0 Å². The molecule has 2 aromatic carbocycles. The van der Waals surface area contributed by atoms with E-state index in [1.54, 1.807) is 19.2 Å². The number of nitro benzene ring substituents is 1. The summed E-state index contributed by atoms with van der Waals surface area (Å²) in [5.74, 6) is 0. The smallest absolute Gasteiger partial charge is 0.269 e. The van der Waals surface area contributed by atoms with Gasteiger partial charge in [0.25, 0.3) is 5.69 Å². The van der Waals surface area contributed by atoms with E-state index in [0.717, 1.165) is 12.2 Å². The molecule has 0 spiro atoms. The van der Waals surface area contributed by atoms with Crippen LogP contribution in [-0.4, -0.2) is 25.3 Å². The number of methoxy groups -OCH3 is 1. The maximum Gasteiger partial charge on any atom is 0.269 e. The minimum Gasteiger partial charge on any atom is -0.364 e. The van der Waals surface area contributed by atoms with E-state index in [2.05, 4.69) is 22.1 Å². The van der Waals surface area contributed by atoms with Crippen LogP contribution in [0.3, 0.4) is 0 Å². The number of hydrogen-bond acceptors (Lipinski definition) is 6. The van der Waals surface area contributed by atoms with Crippen LogP contribution in [0.15, 0.2) is 58.8 Å². The van der Waals surface area contributed by atoms with Gasteiger partial charge in [0, 0.05) is 31.5 Å². The molecule has 0 aromatic heterocycles. The first-order valence-electron chi connectivity index (χ1n) is 7.14. The molecule has 0 atom stereocenters. The van der Waals surface area contributed by atoms with E-state index in [0.29, 0.717) is 18.1 Å². The molecule has 0 N–H and O–H groups in total. The maximum atomic E-state index is 10.6. The Labute approximate surface area is 134 Å². The molecule has 0 heterocycles. The van der Waals surface area contributed by atoms with Crippen molar-refractivity contribution in [1.82, 2.24) is 0 Å².